The molecule has 0 heterocycles. The Hall–Kier alpha value is -0.478. The van der Waals surface area contributed by atoms with Gasteiger partial charge in [-0.3, -0.25) is 0 Å². The van der Waals surface area contributed by atoms with Gasteiger partial charge in [-0.15, -0.1) is 12.1 Å². The Morgan fingerprint density at radius 3 is 1.43 bits per heavy atom. The molecule has 0 unspecified atom stereocenters. The van der Waals surface area contributed by atoms with Crippen molar-refractivity contribution >= 4 is 0 Å². The van der Waals surface area contributed by atoms with Gasteiger partial charge in [0.1, 0.15) is 0 Å². The molecule has 0 aromatic heterocycles. The second kappa shape index (κ2) is 15.0. The Labute approximate surface area is 93.5 Å². The molecule has 88 valence electrons. The van der Waals surface area contributed by atoms with Gasteiger partial charge in [0.25, 0.3) is 0 Å². The first-order valence-corrected chi connectivity index (χ1v) is 2.58. The van der Waals surface area contributed by atoms with Crippen LogP contribution in [-0.2, 0) is 20.4 Å². The van der Waals surface area contributed by atoms with Crippen molar-refractivity contribution in [1.82, 2.24) is 0 Å². The zero-order chi connectivity index (χ0) is 8.69. The average Bonchev–Trinajstić information content (AvgIpc) is 1.87. The van der Waals surface area contributed by atoms with Crippen LogP contribution in [0, 0.1) is 18.6 Å². The maximum atomic E-state index is 11.9. The Bertz CT molecular complexity index is 184. The van der Waals surface area contributed by atoms with E-state index in [4.69, 9.17) is 0 Å². The molecule has 0 saturated heterocycles. The van der Waals surface area contributed by atoms with E-state index < -0.39 is 6.68 Å². The second-order valence-electron chi connectivity index (χ2n) is 1.43. The van der Waals surface area contributed by atoms with Gasteiger partial charge in [-0.1, -0.05) is 0 Å². The van der Waals surface area contributed by atoms with Gasteiger partial charge in [-0.2, -0.15) is 18.2 Å². The summed E-state index contributed by atoms with van der Waals surface area (Å²) < 4.78 is 40.6. The van der Waals surface area contributed by atoms with Gasteiger partial charge in [0.15, 0.2) is 6.68 Å². The molecule has 7 heteroatoms. The summed E-state index contributed by atoms with van der Waals surface area (Å²) in [7, 11) is 0. The van der Waals surface area contributed by atoms with E-state index >= 15 is 0 Å². The molecule has 0 aliphatic carbocycles. The van der Waals surface area contributed by atoms with E-state index in [1.807, 2.05) is 0 Å². The van der Waals surface area contributed by atoms with E-state index in [9.17, 15) is 17.6 Å². The monoisotopic (exact) mass is 302 g/mol. The standard InChI is InChI=1S/C6H4F.CF3.2H2N.Pd/c7-6-4-2-1-3-5-6;2-1(3)4;;;/h2-5H;;2*1H2;/q4*-1;. The van der Waals surface area contributed by atoms with Crippen LogP contribution in [0.4, 0.5) is 17.6 Å². The van der Waals surface area contributed by atoms with Crippen LogP contribution >= 0.6 is 0 Å². The third-order valence-corrected chi connectivity index (χ3v) is 0.678. The molecule has 4 N–H and O–H groups in total. The smallest absolute Gasteiger partial charge is 0.154 e. The first-order valence-electron chi connectivity index (χ1n) is 2.58. The first kappa shape index (κ1) is 23.4. The number of hydrogen-bond acceptors (Lipinski definition) is 0. The molecule has 0 saturated carbocycles. The molecule has 1 aromatic carbocycles. The molecule has 0 spiro atoms. The number of rotatable bonds is 0. The van der Waals surface area contributed by atoms with Crippen molar-refractivity contribution < 1.29 is 38.0 Å². The predicted octanol–water partition coefficient (Wildman–Crippen LogP) is 4.40. The first-order chi connectivity index (χ1) is 5.13. The van der Waals surface area contributed by atoms with Crippen molar-refractivity contribution in [1.29, 1.82) is 0 Å². The molecule has 0 radical (unpaired) electrons. The predicted molar refractivity (Wildman–Crippen MR) is 42.4 cm³/mol. The molecule has 1 rings (SSSR count). The zero-order valence-electron chi connectivity index (χ0n) is 6.79. The molecule has 0 amide bonds. The van der Waals surface area contributed by atoms with E-state index in [1.165, 1.54) is 24.3 Å². The Balaban J connectivity index is -0.0000000650. The van der Waals surface area contributed by atoms with Gasteiger partial charge >= 0.3 is 0 Å². The third-order valence-electron chi connectivity index (χ3n) is 0.678. The Morgan fingerprint density at radius 1 is 1.00 bits per heavy atom. The fraction of sp³-hybridized carbons (Fsp3) is 0. The van der Waals surface area contributed by atoms with Crippen LogP contribution in [0.5, 0.6) is 0 Å². The van der Waals surface area contributed by atoms with Crippen molar-refractivity contribution in [3.8, 4) is 0 Å². The van der Waals surface area contributed by atoms with Crippen LogP contribution in [-0.4, -0.2) is 0 Å². The summed E-state index contributed by atoms with van der Waals surface area (Å²) in [4.78, 5) is 0. The van der Waals surface area contributed by atoms with Gasteiger partial charge in [0.2, 0.25) is 0 Å². The number of benzene rings is 1. The minimum atomic E-state index is -3.08. The van der Waals surface area contributed by atoms with E-state index in [-0.39, 0.29) is 38.5 Å². The fourth-order valence-electron chi connectivity index (χ4n) is 0.367. The SMILES string of the molecule is F[C-](F)F.Fc1cc[c-]cc1.[NH2-].[NH2-].[Pd]. The van der Waals surface area contributed by atoms with Gasteiger partial charge in [0.05, 0.1) is 0 Å². The van der Waals surface area contributed by atoms with Crippen molar-refractivity contribution in [3.63, 3.8) is 0 Å². The summed E-state index contributed by atoms with van der Waals surface area (Å²) in [6.45, 7) is -3.08. The maximum Gasteiger partial charge on any atom is 0.154 e. The molecule has 0 fully saturated rings. The van der Waals surface area contributed by atoms with Crippen molar-refractivity contribution in [2.24, 2.45) is 0 Å². The molecule has 1 aromatic rings. The van der Waals surface area contributed by atoms with Gasteiger partial charge in [0, 0.05) is 26.2 Å². The summed E-state index contributed by atoms with van der Waals surface area (Å²) in [5.41, 5.74) is 0. The number of nitrogens with two attached hydrogens (primary N) is 2. The summed E-state index contributed by atoms with van der Waals surface area (Å²) in [6.07, 6.45) is 0. The summed E-state index contributed by atoms with van der Waals surface area (Å²) >= 11 is 0. The van der Waals surface area contributed by atoms with E-state index in [1.54, 1.807) is 0 Å². The van der Waals surface area contributed by atoms with Crippen LogP contribution in [0.3, 0.4) is 0 Å². The van der Waals surface area contributed by atoms with Crippen molar-refractivity contribution in [2.45, 2.75) is 0 Å². The normalized spacial score (nSPS) is 6.93. The van der Waals surface area contributed by atoms with Crippen LogP contribution < -0.4 is 0 Å². The van der Waals surface area contributed by atoms with E-state index in [2.05, 4.69) is 6.07 Å². The van der Waals surface area contributed by atoms with Crippen LogP contribution in [0.15, 0.2) is 24.3 Å². The molecule has 0 aliphatic heterocycles. The van der Waals surface area contributed by atoms with Gasteiger partial charge in [-0.05, 0) is 0 Å². The van der Waals surface area contributed by atoms with Crippen LogP contribution in [0.2, 0.25) is 0 Å². The molecule has 2 nitrogen and oxygen atoms in total. The molecular formula is C7H8F4N2Pd-4. The van der Waals surface area contributed by atoms with Gasteiger partial charge in [-0.25, -0.2) is 4.39 Å². The minimum absolute atomic E-state index is 0. The Morgan fingerprint density at radius 2 is 1.29 bits per heavy atom. The molecule has 0 bridgehead atoms. The average molecular weight is 303 g/mol. The maximum absolute atomic E-state index is 11.9. The number of hydrogen-bond donors (Lipinski definition) is 0. The van der Waals surface area contributed by atoms with E-state index in [0.717, 1.165) is 0 Å². The van der Waals surface area contributed by atoms with Crippen molar-refractivity contribution in [3.05, 3.63) is 55.1 Å². The van der Waals surface area contributed by atoms with E-state index in [0.29, 0.717) is 0 Å². The zero-order valence-corrected chi connectivity index (χ0v) is 8.35. The Kier molecular flexibility index (Phi) is 25.1. The summed E-state index contributed by atoms with van der Waals surface area (Å²) in [5.74, 6) is -0.209. The number of halogens is 4. The molecule has 0 atom stereocenters. The molecule has 0 aliphatic rings. The fourth-order valence-corrected chi connectivity index (χ4v) is 0.367. The van der Waals surface area contributed by atoms with Crippen molar-refractivity contribution in [2.75, 3.05) is 0 Å². The molecular weight excluding hydrogens is 295 g/mol. The summed E-state index contributed by atoms with van der Waals surface area (Å²) in [6, 6.07) is 8.49. The third kappa shape index (κ3) is 22.5. The van der Waals surface area contributed by atoms with Gasteiger partial charge < -0.3 is 25.5 Å². The van der Waals surface area contributed by atoms with Crippen LogP contribution in [0.25, 0.3) is 12.3 Å². The minimum Gasteiger partial charge on any atom is -0.693 e. The topological polar surface area (TPSA) is 67.0 Å². The van der Waals surface area contributed by atoms with Crippen LogP contribution in [0.1, 0.15) is 0 Å². The summed E-state index contributed by atoms with van der Waals surface area (Å²) in [5, 5.41) is 0. The quantitative estimate of drug-likeness (QED) is 0.387. The largest absolute Gasteiger partial charge is 0.693 e. The second-order valence-corrected chi connectivity index (χ2v) is 1.43. The molecule has 14 heavy (non-hydrogen) atoms.